The number of nitrogens with two attached hydrogens (primary N) is 2. The van der Waals surface area contributed by atoms with Gasteiger partial charge in [0, 0.05) is 87.2 Å². The van der Waals surface area contributed by atoms with Crippen LogP contribution in [0.1, 0.15) is 144 Å². The summed E-state index contributed by atoms with van der Waals surface area (Å²) in [7, 11) is 0. The summed E-state index contributed by atoms with van der Waals surface area (Å²) in [6.45, 7) is 16.2. The van der Waals surface area contributed by atoms with Crippen molar-refractivity contribution < 1.29 is 33.6 Å². The first-order valence-electron chi connectivity index (χ1n) is 25.5. The van der Waals surface area contributed by atoms with Gasteiger partial charge in [0.25, 0.3) is 0 Å². The number of thioether (sulfide) groups is 1. The van der Waals surface area contributed by atoms with Crippen LogP contribution in [0.4, 0.5) is 0 Å². The molecule has 2 aromatic carbocycles. The van der Waals surface area contributed by atoms with Crippen molar-refractivity contribution in [3.8, 4) is 0 Å². The Bertz CT molecular complexity index is 1880. The molecule has 0 heterocycles. The first-order chi connectivity index (χ1) is 33.1. The fourth-order valence-electron chi connectivity index (χ4n) is 8.93. The van der Waals surface area contributed by atoms with Crippen LogP contribution in [0.5, 0.6) is 0 Å². The molecule has 0 aliphatic carbocycles. The van der Waals surface area contributed by atoms with Crippen LogP contribution >= 0.6 is 11.8 Å². The highest BCUT2D eigenvalue weighted by molar-refractivity contribution is 7.98. The van der Waals surface area contributed by atoms with E-state index in [0.29, 0.717) is 56.6 Å². The van der Waals surface area contributed by atoms with Crippen LogP contribution < -0.4 is 43.4 Å². The Morgan fingerprint density at radius 3 is 1.07 bits per heavy atom. The molecule has 2 rings (SSSR count). The lowest BCUT2D eigenvalue weighted by atomic mass is 9.97. The molecule has 15 nitrogen and oxygen atoms in total. The summed E-state index contributed by atoms with van der Waals surface area (Å²) in [5.74, 6) is -0.638. The summed E-state index contributed by atoms with van der Waals surface area (Å²) in [4.78, 5) is 93.2. The van der Waals surface area contributed by atoms with E-state index in [2.05, 4.69) is 45.7 Å². The maximum Gasteiger partial charge on any atom is 0.222 e. The SMILES string of the molecule is CSCC[C@@H](CC(=O)N[C@H](CC(=O)N[C@H](CC(=O)N[C@H](CC(N)=O)CC(C)C)CC(C)C)Cc1ccccc1)NC(=O)C[C@H](CC(C)C)NC(=O)C[C@H](Cc1ccccc1)NC(=O)C[C@@H](N)CC(C)C. The molecule has 0 aliphatic rings. The third-order valence-corrected chi connectivity index (χ3v) is 12.3. The summed E-state index contributed by atoms with van der Waals surface area (Å²) >= 11 is 1.60. The third kappa shape index (κ3) is 29.3. The minimum atomic E-state index is -0.593. The quantitative estimate of drug-likeness (QED) is 0.0412. The average molecular weight is 993 g/mol. The zero-order valence-corrected chi connectivity index (χ0v) is 44.5. The maximum atomic E-state index is 13.9. The molecule has 70 heavy (non-hydrogen) atoms. The minimum Gasteiger partial charge on any atom is -0.370 e. The number of benzene rings is 2. The van der Waals surface area contributed by atoms with E-state index in [-0.39, 0.29) is 104 Å². The van der Waals surface area contributed by atoms with Gasteiger partial charge in [0.2, 0.25) is 41.4 Å². The molecule has 10 N–H and O–H groups in total. The number of nitrogens with one attached hydrogen (secondary N) is 6. The van der Waals surface area contributed by atoms with Crippen LogP contribution in [0.3, 0.4) is 0 Å². The second-order valence-corrected chi connectivity index (χ2v) is 21.9. The van der Waals surface area contributed by atoms with Gasteiger partial charge in [-0.25, -0.2) is 0 Å². The van der Waals surface area contributed by atoms with Crippen molar-refractivity contribution in [2.75, 3.05) is 12.0 Å². The number of carbonyl (C=O) groups is 7. The van der Waals surface area contributed by atoms with Gasteiger partial charge in [-0.3, -0.25) is 33.6 Å². The predicted molar refractivity (Wildman–Crippen MR) is 282 cm³/mol. The van der Waals surface area contributed by atoms with Crippen molar-refractivity contribution >= 4 is 53.1 Å². The van der Waals surface area contributed by atoms with E-state index in [4.69, 9.17) is 11.5 Å². The Hall–Kier alpha value is -4.96. The maximum absolute atomic E-state index is 13.9. The molecule has 0 unspecified atom stereocenters. The van der Waals surface area contributed by atoms with Crippen LogP contribution in [0, 0.1) is 23.7 Å². The Balaban J connectivity index is 2.18. The highest BCUT2D eigenvalue weighted by atomic mass is 32.2. The van der Waals surface area contributed by atoms with Crippen LogP contribution in [0.15, 0.2) is 60.7 Å². The van der Waals surface area contributed by atoms with Crippen LogP contribution in [-0.4, -0.2) is 95.7 Å². The molecular weight excluding hydrogens is 905 g/mol. The van der Waals surface area contributed by atoms with E-state index in [9.17, 15) is 33.6 Å². The second-order valence-electron chi connectivity index (χ2n) is 20.9. The molecule has 0 saturated heterocycles. The van der Waals surface area contributed by atoms with E-state index >= 15 is 0 Å². The van der Waals surface area contributed by atoms with Gasteiger partial charge in [-0.2, -0.15) is 11.8 Å². The first kappa shape index (κ1) is 61.2. The van der Waals surface area contributed by atoms with E-state index in [0.717, 1.165) is 11.1 Å². The summed E-state index contributed by atoms with van der Waals surface area (Å²) in [6.07, 6.45) is 5.80. The normalized spacial score (nSPS) is 14.5. The third-order valence-electron chi connectivity index (χ3n) is 11.6. The molecular formula is C54H88N8O7S. The number of amides is 7. The molecule has 0 saturated carbocycles. The molecule has 392 valence electrons. The van der Waals surface area contributed by atoms with Gasteiger partial charge in [0.05, 0.1) is 0 Å². The average Bonchev–Trinajstić information content (AvgIpc) is 3.21. The lowest BCUT2D eigenvalue weighted by molar-refractivity contribution is -0.127. The van der Waals surface area contributed by atoms with Gasteiger partial charge in [0.1, 0.15) is 0 Å². The molecule has 16 heteroatoms. The molecule has 0 fully saturated rings. The number of primary amides is 1. The fraction of sp³-hybridized carbons (Fsp3) is 0.648. The van der Waals surface area contributed by atoms with Crippen LogP contribution in [-0.2, 0) is 46.4 Å². The van der Waals surface area contributed by atoms with Crippen molar-refractivity contribution in [1.82, 2.24) is 31.9 Å². The minimum absolute atomic E-state index is 0.00301. The van der Waals surface area contributed by atoms with E-state index in [1.165, 1.54) is 0 Å². The largest absolute Gasteiger partial charge is 0.370 e. The van der Waals surface area contributed by atoms with Gasteiger partial charge < -0.3 is 43.4 Å². The second kappa shape index (κ2) is 33.6. The van der Waals surface area contributed by atoms with Crippen molar-refractivity contribution in [3.63, 3.8) is 0 Å². The van der Waals surface area contributed by atoms with Gasteiger partial charge in [0.15, 0.2) is 0 Å². The summed E-state index contributed by atoms with van der Waals surface area (Å²) in [6, 6.07) is 15.9. The molecule has 2 aromatic rings. The number of hydrogen-bond acceptors (Lipinski definition) is 9. The topological polar surface area (TPSA) is 244 Å². The summed E-state index contributed by atoms with van der Waals surface area (Å²) < 4.78 is 0. The zero-order chi connectivity index (χ0) is 52.2. The molecule has 0 radical (unpaired) electrons. The Morgan fingerprint density at radius 1 is 0.429 bits per heavy atom. The fourth-order valence-corrected chi connectivity index (χ4v) is 9.45. The van der Waals surface area contributed by atoms with Crippen molar-refractivity contribution in [1.29, 1.82) is 0 Å². The molecule has 0 spiro atoms. The van der Waals surface area contributed by atoms with Gasteiger partial charge >= 0.3 is 0 Å². The molecule has 0 aromatic heterocycles. The number of carbonyl (C=O) groups excluding carboxylic acids is 7. The van der Waals surface area contributed by atoms with Gasteiger partial charge in [-0.1, -0.05) is 116 Å². The first-order valence-corrected chi connectivity index (χ1v) is 26.8. The Morgan fingerprint density at radius 2 is 0.729 bits per heavy atom. The smallest absolute Gasteiger partial charge is 0.222 e. The molecule has 7 atom stereocenters. The van der Waals surface area contributed by atoms with Crippen LogP contribution in [0.25, 0.3) is 0 Å². The molecule has 7 amide bonds. The Labute approximate surface area is 423 Å². The highest BCUT2D eigenvalue weighted by Gasteiger charge is 2.27. The zero-order valence-electron chi connectivity index (χ0n) is 43.7. The standard InChI is InChI=1S/C54H88N8O7S/c1-35(2)22-41(55)28-49(64)61-46(26-39-16-12-10-13-17-39)33-53(68)59-44(24-37(5)6)31-51(66)57-42(20-21-70-9)30-50(65)62-47(27-40-18-14-11-15-19-40)34-54(69)60-45(25-38(7)8)32-52(67)58-43(23-36(3)4)29-48(56)63/h10-19,35-38,41-47H,20-34,55H2,1-9H3,(H2,56,63)(H,57,66)(H,58,67)(H,59,68)(H,60,69)(H,61,64)(H,62,65)/t41-,42-,43-,44-,45-,46-,47-/m0/s1. The molecule has 0 bridgehead atoms. The lowest BCUT2D eigenvalue weighted by Gasteiger charge is -2.26. The summed E-state index contributed by atoms with van der Waals surface area (Å²) in [5, 5.41) is 18.3. The van der Waals surface area contributed by atoms with Gasteiger partial charge in [-0.15, -0.1) is 0 Å². The van der Waals surface area contributed by atoms with E-state index in [1.807, 2.05) is 108 Å². The monoisotopic (exact) mass is 993 g/mol. The number of rotatable bonds is 35. The van der Waals surface area contributed by atoms with Crippen molar-refractivity contribution in [2.45, 2.75) is 188 Å². The number of hydrogen-bond donors (Lipinski definition) is 8. The van der Waals surface area contributed by atoms with Crippen molar-refractivity contribution in [2.24, 2.45) is 35.1 Å². The van der Waals surface area contributed by atoms with Crippen molar-refractivity contribution in [3.05, 3.63) is 71.8 Å². The van der Waals surface area contributed by atoms with Crippen LogP contribution in [0.2, 0.25) is 0 Å². The Kier molecular flexibility index (Phi) is 29.4. The lowest BCUT2D eigenvalue weighted by Crippen LogP contribution is -2.48. The van der Waals surface area contributed by atoms with E-state index in [1.54, 1.807) is 11.8 Å². The molecule has 0 aliphatic heterocycles. The highest BCUT2D eigenvalue weighted by Crippen LogP contribution is 2.16. The van der Waals surface area contributed by atoms with Gasteiger partial charge in [-0.05, 0) is 91.8 Å². The van der Waals surface area contributed by atoms with E-state index < -0.39 is 42.2 Å². The predicted octanol–water partition coefficient (Wildman–Crippen LogP) is 5.86. The summed E-state index contributed by atoms with van der Waals surface area (Å²) in [5.41, 5.74) is 13.6.